The summed E-state index contributed by atoms with van der Waals surface area (Å²) < 4.78 is 2.31. The van der Waals surface area contributed by atoms with E-state index >= 15 is 0 Å². The number of para-hydroxylation sites is 1. The fourth-order valence-corrected chi connectivity index (χ4v) is 2.96. The molecular weight excluding hydrogens is 210 g/mol. The van der Waals surface area contributed by atoms with Crippen LogP contribution < -0.4 is 0 Å². The first-order valence-electron chi connectivity index (χ1n) is 6.34. The highest BCUT2D eigenvalue weighted by atomic mass is 16.1. The molecule has 0 N–H and O–H groups in total. The number of rotatable bonds is 0. The summed E-state index contributed by atoms with van der Waals surface area (Å²) in [5, 5.41) is 1.33. The van der Waals surface area contributed by atoms with Gasteiger partial charge in [-0.15, -0.1) is 0 Å². The molecule has 2 aromatic rings. The summed E-state index contributed by atoms with van der Waals surface area (Å²) in [6.07, 6.45) is 4.40. The van der Waals surface area contributed by atoms with Crippen molar-refractivity contribution in [3.05, 3.63) is 35.5 Å². The number of hydrogen-bond donors (Lipinski definition) is 0. The van der Waals surface area contributed by atoms with Crippen molar-refractivity contribution in [2.45, 2.75) is 32.1 Å². The number of benzene rings is 1. The minimum absolute atomic E-state index is 0.420. The predicted octanol–water partition coefficient (Wildman–Crippen LogP) is 3.02. The van der Waals surface area contributed by atoms with Crippen LogP contribution in [0.3, 0.4) is 0 Å². The standard InChI is InChI=1S/C15H17NO/c1-16-14-7-3-2-6-12(14)13-10-9-11(17)5-4-8-15(13)16/h2-3,6-7H,4-5,8-10H2,1H3. The first-order chi connectivity index (χ1) is 8.27. The van der Waals surface area contributed by atoms with E-state index in [9.17, 15) is 4.79 Å². The van der Waals surface area contributed by atoms with Crippen LogP contribution in [0.25, 0.3) is 10.9 Å². The Morgan fingerprint density at radius 1 is 1.06 bits per heavy atom. The van der Waals surface area contributed by atoms with E-state index in [0.717, 1.165) is 25.7 Å². The first kappa shape index (κ1) is 10.6. The number of carbonyl (C=O) groups is 1. The molecule has 3 rings (SSSR count). The van der Waals surface area contributed by atoms with E-state index in [2.05, 4.69) is 35.9 Å². The molecule has 88 valence electrons. The predicted molar refractivity (Wildman–Crippen MR) is 69.2 cm³/mol. The Kier molecular flexibility index (Phi) is 2.50. The van der Waals surface area contributed by atoms with E-state index in [-0.39, 0.29) is 0 Å². The van der Waals surface area contributed by atoms with Crippen LogP contribution in [-0.2, 0) is 24.7 Å². The van der Waals surface area contributed by atoms with Gasteiger partial charge in [-0.05, 0) is 30.9 Å². The lowest BCUT2D eigenvalue weighted by atomic mass is 9.96. The second kappa shape index (κ2) is 4.02. The number of nitrogens with zero attached hydrogens (tertiary/aromatic N) is 1. The largest absolute Gasteiger partial charge is 0.347 e. The SMILES string of the molecule is Cn1c2c(c3ccccc31)CCC(=O)CCC2. The van der Waals surface area contributed by atoms with E-state index in [1.54, 1.807) is 0 Å². The maximum Gasteiger partial charge on any atom is 0.133 e. The molecule has 2 heteroatoms. The molecule has 2 nitrogen and oxygen atoms in total. The van der Waals surface area contributed by atoms with Crippen LogP contribution in [0.5, 0.6) is 0 Å². The minimum atomic E-state index is 0.420. The molecule has 1 aliphatic rings. The van der Waals surface area contributed by atoms with Gasteiger partial charge in [-0.3, -0.25) is 4.79 Å². The lowest BCUT2D eigenvalue weighted by Gasteiger charge is -2.11. The molecule has 0 radical (unpaired) electrons. The second-order valence-corrected chi connectivity index (χ2v) is 4.89. The fraction of sp³-hybridized carbons (Fsp3) is 0.400. The summed E-state index contributed by atoms with van der Waals surface area (Å²) in [6.45, 7) is 0. The Balaban J connectivity index is 2.20. The summed E-state index contributed by atoms with van der Waals surface area (Å²) in [7, 11) is 2.14. The maximum atomic E-state index is 11.6. The van der Waals surface area contributed by atoms with Crippen molar-refractivity contribution < 1.29 is 4.79 Å². The zero-order valence-electron chi connectivity index (χ0n) is 10.2. The first-order valence-corrected chi connectivity index (χ1v) is 6.34. The molecule has 0 unspecified atom stereocenters. The van der Waals surface area contributed by atoms with Gasteiger partial charge >= 0.3 is 0 Å². The third-order valence-corrected chi connectivity index (χ3v) is 3.87. The van der Waals surface area contributed by atoms with Gasteiger partial charge in [0.2, 0.25) is 0 Å². The van der Waals surface area contributed by atoms with Crippen molar-refractivity contribution in [3.63, 3.8) is 0 Å². The Morgan fingerprint density at radius 2 is 1.88 bits per heavy atom. The van der Waals surface area contributed by atoms with Gasteiger partial charge in [0.15, 0.2) is 0 Å². The Bertz CT molecular complexity index is 580. The molecule has 1 aromatic carbocycles. The molecular formula is C15H17NO. The topological polar surface area (TPSA) is 22.0 Å². The van der Waals surface area contributed by atoms with E-state index in [1.165, 1.54) is 22.2 Å². The summed E-state index contributed by atoms with van der Waals surface area (Å²) in [5.41, 5.74) is 4.13. The molecule has 1 aromatic heterocycles. The highest BCUT2D eigenvalue weighted by molar-refractivity contribution is 5.87. The lowest BCUT2D eigenvalue weighted by molar-refractivity contribution is -0.119. The molecule has 0 atom stereocenters. The van der Waals surface area contributed by atoms with Crippen LogP contribution in [0, 0.1) is 0 Å². The summed E-state index contributed by atoms with van der Waals surface area (Å²) in [6, 6.07) is 8.52. The molecule has 17 heavy (non-hydrogen) atoms. The van der Waals surface area contributed by atoms with E-state index in [4.69, 9.17) is 0 Å². The van der Waals surface area contributed by atoms with E-state index in [1.807, 2.05) is 0 Å². The maximum absolute atomic E-state index is 11.6. The van der Waals surface area contributed by atoms with Crippen molar-refractivity contribution in [1.29, 1.82) is 0 Å². The molecule has 1 aliphatic carbocycles. The van der Waals surface area contributed by atoms with Crippen LogP contribution in [-0.4, -0.2) is 10.4 Å². The van der Waals surface area contributed by atoms with Crippen molar-refractivity contribution in [2.75, 3.05) is 0 Å². The van der Waals surface area contributed by atoms with Crippen molar-refractivity contribution in [1.82, 2.24) is 4.57 Å². The number of aromatic nitrogens is 1. The molecule has 0 saturated carbocycles. The van der Waals surface area contributed by atoms with Gasteiger partial charge in [-0.2, -0.15) is 0 Å². The monoisotopic (exact) mass is 227 g/mol. The van der Waals surface area contributed by atoms with Crippen molar-refractivity contribution in [3.8, 4) is 0 Å². The fourth-order valence-electron chi connectivity index (χ4n) is 2.96. The summed E-state index contributed by atoms with van der Waals surface area (Å²) >= 11 is 0. The number of ketones is 1. The average molecular weight is 227 g/mol. The molecule has 0 amide bonds. The number of Topliss-reactive ketones (excluding diaryl/α,β-unsaturated/α-hetero) is 1. The lowest BCUT2D eigenvalue weighted by Crippen LogP contribution is -2.08. The van der Waals surface area contributed by atoms with Gasteiger partial charge in [-0.25, -0.2) is 0 Å². The van der Waals surface area contributed by atoms with Crippen molar-refractivity contribution in [2.24, 2.45) is 7.05 Å². The van der Waals surface area contributed by atoms with Gasteiger partial charge in [0.1, 0.15) is 5.78 Å². The molecule has 0 saturated heterocycles. The second-order valence-electron chi connectivity index (χ2n) is 4.89. The quantitative estimate of drug-likeness (QED) is 0.678. The summed E-state index contributed by atoms with van der Waals surface area (Å²) in [5.74, 6) is 0.420. The number of fused-ring (bicyclic) bond motifs is 3. The highest BCUT2D eigenvalue weighted by Gasteiger charge is 2.18. The zero-order chi connectivity index (χ0) is 11.8. The minimum Gasteiger partial charge on any atom is -0.347 e. The Morgan fingerprint density at radius 3 is 2.76 bits per heavy atom. The van der Waals surface area contributed by atoms with Crippen LogP contribution in [0.4, 0.5) is 0 Å². The van der Waals surface area contributed by atoms with Crippen LogP contribution >= 0.6 is 0 Å². The molecule has 1 heterocycles. The van der Waals surface area contributed by atoms with Gasteiger partial charge in [-0.1, -0.05) is 18.2 Å². The third-order valence-electron chi connectivity index (χ3n) is 3.87. The normalized spacial score (nSPS) is 16.6. The Hall–Kier alpha value is -1.57. The smallest absolute Gasteiger partial charge is 0.133 e. The van der Waals surface area contributed by atoms with Gasteiger partial charge in [0.05, 0.1) is 0 Å². The summed E-state index contributed by atoms with van der Waals surface area (Å²) in [4.78, 5) is 11.6. The van der Waals surface area contributed by atoms with Gasteiger partial charge in [0.25, 0.3) is 0 Å². The highest BCUT2D eigenvalue weighted by Crippen LogP contribution is 2.29. The average Bonchev–Trinajstić information content (AvgIpc) is 2.58. The Labute approximate surface area is 101 Å². The number of hydrogen-bond acceptors (Lipinski definition) is 1. The van der Waals surface area contributed by atoms with Crippen LogP contribution in [0.2, 0.25) is 0 Å². The molecule has 0 bridgehead atoms. The van der Waals surface area contributed by atoms with Gasteiger partial charge < -0.3 is 4.57 Å². The third kappa shape index (κ3) is 1.68. The van der Waals surface area contributed by atoms with Gasteiger partial charge in [0, 0.05) is 36.5 Å². The number of aryl methyl sites for hydroxylation is 2. The van der Waals surface area contributed by atoms with Crippen LogP contribution in [0.15, 0.2) is 24.3 Å². The van der Waals surface area contributed by atoms with E-state index < -0.39 is 0 Å². The van der Waals surface area contributed by atoms with Crippen LogP contribution in [0.1, 0.15) is 30.5 Å². The van der Waals surface area contributed by atoms with E-state index in [0.29, 0.717) is 12.2 Å². The number of carbonyl (C=O) groups excluding carboxylic acids is 1. The molecule has 0 fully saturated rings. The molecule has 0 spiro atoms. The molecule has 0 aliphatic heterocycles. The van der Waals surface area contributed by atoms with Crippen molar-refractivity contribution >= 4 is 16.7 Å². The zero-order valence-corrected chi connectivity index (χ0v) is 10.2.